The van der Waals surface area contributed by atoms with E-state index in [1.54, 1.807) is 21.3 Å². The number of rotatable bonds is 12. The fourth-order valence-corrected chi connectivity index (χ4v) is 3.36. The minimum absolute atomic E-state index is 0.557. The van der Waals surface area contributed by atoms with Crippen LogP contribution in [0.3, 0.4) is 0 Å². The van der Waals surface area contributed by atoms with Crippen molar-refractivity contribution in [3.05, 3.63) is 48.6 Å². The summed E-state index contributed by atoms with van der Waals surface area (Å²) >= 11 is 0. The quantitative estimate of drug-likeness (QED) is 0.306. The molecule has 0 saturated heterocycles. The third kappa shape index (κ3) is 4.23. The molecular formula is C20H32O3. The summed E-state index contributed by atoms with van der Waals surface area (Å²) in [5.74, 6) is -1.18. The van der Waals surface area contributed by atoms with Gasteiger partial charge in [-0.2, -0.15) is 0 Å². The van der Waals surface area contributed by atoms with Crippen molar-refractivity contribution in [3.8, 4) is 0 Å². The van der Waals surface area contributed by atoms with Gasteiger partial charge < -0.3 is 14.2 Å². The maximum Gasteiger partial charge on any atom is 0.296 e. The summed E-state index contributed by atoms with van der Waals surface area (Å²) in [6.45, 7) is 6.32. The molecule has 0 amide bonds. The molecule has 0 aromatic heterocycles. The van der Waals surface area contributed by atoms with Crippen LogP contribution in [0.5, 0.6) is 0 Å². The van der Waals surface area contributed by atoms with Gasteiger partial charge in [-0.3, -0.25) is 0 Å². The summed E-state index contributed by atoms with van der Waals surface area (Å²) in [5, 5.41) is 0. The molecule has 0 bridgehead atoms. The van der Waals surface area contributed by atoms with Crippen LogP contribution in [0.25, 0.3) is 0 Å². The van der Waals surface area contributed by atoms with Gasteiger partial charge in [-0.15, -0.1) is 6.58 Å². The zero-order valence-electron chi connectivity index (χ0n) is 15.1. The lowest BCUT2D eigenvalue weighted by Crippen LogP contribution is -2.55. The highest BCUT2D eigenvalue weighted by atomic mass is 16.9. The van der Waals surface area contributed by atoms with Gasteiger partial charge in [0.2, 0.25) is 0 Å². The Morgan fingerprint density at radius 3 is 1.96 bits per heavy atom. The van der Waals surface area contributed by atoms with Crippen molar-refractivity contribution < 1.29 is 14.2 Å². The molecule has 0 heterocycles. The lowest BCUT2D eigenvalue weighted by Gasteiger charge is -2.45. The van der Waals surface area contributed by atoms with E-state index in [0.717, 1.165) is 18.4 Å². The highest BCUT2D eigenvalue weighted by molar-refractivity contribution is 5.33. The van der Waals surface area contributed by atoms with Gasteiger partial charge in [0, 0.05) is 21.3 Å². The molecule has 1 atom stereocenters. The van der Waals surface area contributed by atoms with E-state index in [9.17, 15) is 0 Å². The Bertz CT molecular complexity index is 431. The topological polar surface area (TPSA) is 27.7 Å². The largest absolute Gasteiger partial charge is 0.330 e. The number of unbranched alkanes of at least 4 members (excludes halogenated alkanes) is 4. The Hall–Kier alpha value is -1.16. The van der Waals surface area contributed by atoms with Crippen molar-refractivity contribution in [2.45, 2.75) is 56.8 Å². The van der Waals surface area contributed by atoms with E-state index in [1.807, 2.05) is 24.3 Å². The van der Waals surface area contributed by atoms with Crippen LogP contribution in [0.2, 0.25) is 0 Å². The number of hydrogen-bond acceptors (Lipinski definition) is 3. The first-order valence-corrected chi connectivity index (χ1v) is 8.51. The average Bonchev–Trinajstić information content (AvgIpc) is 2.62. The Kier molecular flexibility index (Phi) is 8.53. The third-order valence-electron chi connectivity index (χ3n) is 4.66. The Morgan fingerprint density at radius 1 is 0.913 bits per heavy atom. The molecule has 3 nitrogen and oxygen atoms in total. The number of benzene rings is 1. The summed E-state index contributed by atoms with van der Waals surface area (Å²) in [4.78, 5) is 0. The minimum Gasteiger partial charge on any atom is -0.330 e. The first kappa shape index (κ1) is 19.9. The van der Waals surface area contributed by atoms with Crippen LogP contribution < -0.4 is 0 Å². The molecular weight excluding hydrogens is 288 g/mol. The third-order valence-corrected chi connectivity index (χ3v) is 4.66. The zero-order chi connectivity index (χ0) is 17.2. The van der Waals surface area contributed by atoms with Gasteiger partial charge in [-0.05, 0) is 12.0 Å². The molecule has 1 unspecified atom stereocenters. The van der Waals surface area contributed by atoms with Gasteiger partial charge in [0.1, 0.15) is 0 Å². The maximum absolute atomic E-state index is 5.71. The molecule has 3 heteroatoms. The first-order chi connectivity index (χ1) is 11.2. The lowest BCUT2D eigenvalue weighted by molar-refractivity contribution is -0.380. The molecule has 0 spiro atoms. The summed E-state index contributed by atoms with van der Waals surface area (Å²) in [5.41, 5.74) is 0.537. The van der Waals surface area contributed by atoms with E-state index >= 15 is 0 Å². The van der Waals surface area contributed by atoms with Crippen molar-refractivity contribution in [1.82, 2.24) is 0 Å². The van der Waals surface area contributed by atoms with Gasteiger partial charge in [-0.1, -0.05) is 75.4 Å². The van der Waals surface area contributed by atoms with Crippen molar-refractivity contribution in [3.63, 3.8) is 0 Å². The molecule has 130 valence electrons. The van der Waals surface area contributed by atoms with Crippen molar-refractivity contribution >= 4 is 0 Å². The van der Waals surface area contributed by atoms with E-state index < -0.39 is 11.4 Å². The van der Waals surface area contributed by atoms with Crippen molar-refractivity contribution in [2.75, 3.05) is 21.3 Å². The molecule has 1 aromatic rings. The second-order valence-electron chi connectivity index (χ2n) is 5.87. The standard InChI is InChI=1S/C20H32O3/c1-6-8-9-10-14-17-19(7-2,18-15-12-11-13-16-18)20(21-3,22-4)23-5/h7,11-13,15-16H,2,6,8-10,14,17H2,1,3-5H3. The smallest absolute Gasteiger partial charge is 0.296 e. The van der Waals surface area contributed by atoms with Gasteiger partial charge in [-0.25, -0.2) is 0 Å². The van der Waals surface area contributed by atoms with Gasteiger partial charge in [0.05, 0.1) is 5.41 Å². The average molecular weight is 320 g/mol. The summed E-state index contributed by atoms with van der Waals surface area (Å²) < 4.78 is 17.1. The van der Waals surface area contributed by atoms with Gasteiger partial charge in [0.15, 0.2) is 0 Å². The van der Waals surface area contributed by atoms with Crippen LogP contribution in [0, 0.1) is 0 Å². The summed E-state index contributed by atoms with van der Waals surface area (Å²) in [7, 11) is 4.85. The lowest BCUT2D eigenvalue weighted by atomic mass is 9.73. The van der Waals surface area contributed by atoms with Gasteiger partial charge >= 0.3 is 0 Å². The number of methoxy groups -OCH3 is 3. The Labute approximate surface area is 141 Å². The van der Waals surface area contributed by atoms with Crippen molar-refractivity contribution in [2.24, 2.45) is 0 Å². The van der Waals surface area contributed by atoms with E-state index in [0.29, 0.717) is 0 Å². The number of ether oxygens (including phenoxy) is 3. The van der Waals surface area contributed by atoms with Crippen LogP contribution in [-0.2, 0) is 19.6 Å². The SMILES string of the molecule is C=CC(CCCCCCC)(c1ccccc1)C(OC)(OC)OC. The fourth-order valence-electron chi connectivity index (χ4n) is 3.36. The fraction of sp³-hybridized carbons (Fsp3) is 0.600. The van der Waals surface area contributed by atoms with Crippen molar-refractivity contribution in [1.29, 1.82) is 0 Å². The monoisotopic (exact) mass is 320 g/mol. The molecule has 1 rings (SSSR count). The second kappa shape index (κ2) is 9.86. The molecule has 0 N–H and O–H groups in total. The Balaban J connectivity index is 3.15. The highest BCUT2D eigenvalue weighted by Gasteiger charge is 2.52. The zero-order valence-corrected chi connectivity index (χ0v) is 15.1. The van der Waals surface area contributed by atoms with Crippen LogP contribution >= 0.6 is 0 Å². The maximum atomic E-state index is 5.71. The molecule has 0 aliphatic rings. The van der Waals surface area contributed by atoms with E-state index in [1.165, 1.54) is 25.7 Å². The van der Waals surface area contributed by atoms with E-state index in [-0.39, 0.29) is 0 Å². The highest BCUT2D eigenvalue weighted by Crippen LogP contribution is 2.44. The molecule has 1 aromatic carbocycles. The molecule has 0 radical (unpaired) electrons. The van der Waals surface area contributed by atoms with Crippen LogP contribution in [0.1, 0.15) is 51.0 Å². The number of hydrogen-bond donors (Lipinski definition) is 0. The predicted octanol–water partition coefficient (Wildman–Crippen LogP) is 5.06. The summed E-state index contributed by atoms with van der Waals surface area (Å²) in [6, 6.07) is 10.2. The summed E-state index contributed by atoms with van der Waals surface area (Å²) in [6.07, 6.45) is 8.79. The molecule has 0 fully saturated rings. The molecule has 0 saturated carbocycles. The van der Waals surface area contributed by atoms with E-state index in [4.69, 9.17) is 14.2 Å². The molecule has 23 heavy (non-hydrogen) atoms. The van der Waals surface area contributed by atoms with Crippen LogP contribution in [0.4, 0.5) is 0 Å². The van der Waals surface area contributed by atoms with E-state index in [2.05, 4.69) is 25.6 Å². The predicted molar refractivity (Wildman–Crippen MR) is 95.5 cm³/mol. The Morgan fingerprint density at radius 2 is 1.48 bits per heavy atom. The second-order valence-corrected chi connectivity index (χ2v) is 5.87. The normalized spacial score (nSPS) is 14.4. The molecule has 0 aliphatic carbocycles. The minimum atomic E-state index is -1.18. The van der Waals surface area contributed by atoms with Crippen LogP contribution in [0.15, 0.2) is 43.0 Å². The van der Waals surface area contributed by atoms with Gasteiger partial charge in [0.25, 0.3) is 5.97 Å². The van der Waals surface area contributed by atoms with Crippen LogP contribution in [-0.4, -0.2) is 27.3 Å². The molecule has 0 aliphatic heterocycles. The first-order valence-electron chi connectivity index (χ1n) is 8.51.